The largest absolute Gasteiger partial charge is 0.298 e. The topological polar surface area (TPSA) is 42.0 Å². The molecule has 0 fully saturated rings. The van der Waals surface area contributed by atoms with E-state index in [9.17, 15) is 9.18 Å². The van der Waals surface area contributed by atoms with Crippen LogP contribution in [0, 0.1) is 5.82 Å². The van der Waals surface area contributed by atoms with Gasteiger partial charge in [0.05, 0.1) is 15.3 Å². The van der Waals surface area contributed by atoms with Gasteiger partial charge in [0.2, 0.25) is 0 Å². The van der Waals surface area contributed by atoms with Crippen LogP contribution in [0.3, 0.4) is 0 Å². The van der Waals surface area contributed by atoms with Crippen molar-refractivity contribution in [2.24, 2.45) is 0 Å². The van der Waals surface area contributed by atoms with E-state index in [0.29, 0.717) is 20.4 Å². The first kappa shape index (κ1) is 14.4. The van der Waals surface area contributed by atoms with Crippen LogP contribution in [0.4, 0.5) is 9.52 Å². The summed E-state index contributed by atoms with van der Waals surface area (Å²) >= 11 is 10.5. The van der Waals surface area contributed by atoms with Crippen LogP contribution in [0.1, 0.15) is 10.4 Å². The molecule has 1 N–H and O–H groups in total. The highest BCUT2D eigenvalue weighted by molar-refractivity contribution is 9.10. The van der Waals surface area contributed by atoms with Crippen LogP contribution in [0.15, 0.2) is 40.9 Å². The van der Waals surface area contributed by atoms with Gasteiger partial charge in [0.25, 0.3) is 5.91 Å². The first-order valence-corrected chi connectivity index (χ1v) is 7.85. The molecule has 21 heavy (non-hydrogen) atoms. The fourth-order valence-electron chi connectivity index (χ4n) is 1.80. The number of aromatic nitrogens is 1. The van der Waals surface area contributed by atoms with Crippen molar-refractivity contribution in [3.05, 3.63) is 57.3 Å². The first-order chi connectivity index (χ1) is 10.0. The lowest BCUT2D eigenvalue weighted by molar-refractivity contribution is 0.102. The molecule has 0 aliphatic carbocycles. The van der Waals surface area contributed by atoms with Gasteiger partial charge in [-0.3, -0.25) is 10.1 Å². The van der Waals surface area contributed by atoms with E-state index in [-0.39, 0.29) is 11.4 Å². The minimum atomic E-state index is -0.412. The molecule has 0 bridgehead atoms. The Morgan fingerprint density at radius 2 is 2.14 bits per heavy atom. The molecule has 106 valence electrons. The number of carbonyl (C=O) groups is 1. The normalized spacial score (nSPS) is 10.8. The van der Waals surface area contributed by atoms with Crippen molar-refractivity contribution < 1.29 is 9.18 Å². The SMILES string of the molecule is O=C(Nc1nc2c(F)cccc2s1)c1cc(Br)ccc1Cl. The van der Waals surface area contributed by atoms with Gasteiger partial charge < -0.3 is 0 Å². The molecule has 0 aliphatic heterocycles. The Morgan fingerprint density at radius 1 is 1.33 bits per heavy atom. The smallest absolute Gasteiger partial charge is 0.258 e. The van der Waals surface area contributed by atoms with Crippen molar-refractivity contribution in [1.82, 2.24) is 4.98 Å². The van der Waals surface area contributed by atoms with Gasteiger partial charge in [0.15, 0.2) is 5.13 Å². The summed E-state index contributed by atoms with van der Waals surface area (Å²) in [7, 11) is 0. The first-order valence-electron chi connectivity index (χ1n) is 5.86. The number of nitrogens with one attached hydrogen (secondary N) is 1. The number of hydrogen-bond acceptors (Lipinski definition) is 3. The lowest BCUT2D eigenvalue weighted by Crippen LogP contribution is -2.12. The highest BCUT2D eigenvalue weighted by atomic mass is 79.9. The van der Waals surface area contributed by atoms with Crippen LogP contribution < -0.4 is 5.32 Å². The Balaban J connectivity index is 1.93. The van der Waals surface area contributed by atoms with Gasteiger partial charge in [-0.1, -0.05) is 44.9 Å². The second kappa shape index (κ2) is 5.71. The minimum Gasteiger partial charge on any atom is -0.298 e. The fourth-order valence-corrected chi connectivity index (χ4v) is 3.24. The Morgan fingerprint density at radius 3 is 2.90 bits per heavy atom. The fraction of sp³-hybridized carbons (Fsp3) is 0. The van der Waals surface area contributed by atoms with Gasteiger partial charge in [0, 0.05) is 4.47 Å². The maximum Gasteiger partial charge on any atom is 0.258 e. The summed E-state index contributed by atoms with van der Waals surface area (Å²) < 4.78 is 15.0. The van der Waals surface area contributed by atoms with Crippen molar-refractivity contribution in [2.45, 2.75) is 0 Å². The van der Waals surface area contributed by atoms with E-state index in [1.807, 2.05) is 0 Å². The van der Waals surface area contributed by atoms with E-state index in [1.54, 1.807) is 30.3 Å². The van der Waals surface area contributed by atoms with E-state index >= 15 is 0 Å². The maximum atomic E-state index is 13.6. The molecule has 3 nitrogen and oxygen atoms in total. The Bertz CT molecular complexity index is 852. The molecular weight excluding hydrogens is 379 g/mol. The Kier molecular flexibility index (Phi) is 3.93. The summed E-state index contributed by atoms with van der Waals surface area (Å²) in [6.07, 6.45) is 0. The molecule has 1 heterocycles. The van der Waals surface area contributed by atoms with Crippen LogP contribution in [-0.4, -0.2) is 10.9 Å². The summed E-state index contributed by atoms with van der Waals surface area (Å²) in [5, 5.41) is 3.31. The zero-order valence-corrected chi connectivity index (χ0v) is 13.5. The number of amides is 1. The van der Waals surface area contributed by atoms with Crippen molar-refractivity contribution >= 4 is 60.1 Å². The minimum absolute atomic E-state index is 0.248. The molecule has 1 aromatic heterocycles. The molecule has 0 atom stereocenters. The molecule has 0 saturated heterocycles. The summed E-state index contributed by atoms with van der Waals surface area (Å²) in [5.74, 6) is -0.800. The predicted molar refractivity (Wildman–Crippen MR) is 86.7 cm³/mol. The maximum absolute atomic E-state index is 13.6. The number of rotatable bonds is 2. The lowest BCUT2D eigenvalue weighted by Gasteiger charge is -2.04. The average molecular weight is 386 g/mol. The number of para-hydroxylation sites is 1. The third-order valence-electron chi connectivity index (χ3n) is 2.76. The third kappa shape index (κ3) is 2.92. The molecule has 0 saturated carbocycles. The Labute approximate surface area is 136 Å². The molecule has 7 heteroatoms. The molecule has 0 spiro atoms. The molecule has 0 unspecified atom stereocenters. The summed E-state index contributed by atoms with van der Waals surface area (Å²) in [6.45, 7) is 0. The zero-order chi connectivity index (χ0) is 15.0. The number of carbonyl (C=O) groups excluding carboxylic acids is 1. The van der Waals surface area contributed by atoms with E-state index < -0.39 is 5.82 Å². The monoisotopic (exact) mass is 384 g/mol. The molecule has 2 aromatic carbocycles. The van der Waals surface area contributed by atoms with E-state index in [0.717, 1.165) is 4.47 Å². The number of thiazole rings is 1. The van der Waals surface area contributed by atoms with Crippen molar-refractivity contribution in [3.63, 3.8) is 0 Å². The van der Waals surface area contributed by atoms with E-state index in [4.69, 9.17) is 11.6 Å². The number of nitrogens with zero attached hydrogens (tertiary/aromatic N) is 1. The van der Waals surface area contributed by atoms with Crippen LogP contribution in [0.2, 0.25) is 5.02 Å². The van der Waals surface area contributed by atoms with Gasteiger partial charge >= 0.3 is 0 Å². The number of halogens is 3. The van der Waals surface area contributed by atoms with E-state index in [1.165, 1.54) is 17.4 Å². The van der Waals surface area contributed by atoms with Crippen molar-refractivity contribution in [3.8, 4) is 0 Å². The van der Waals surface area contributed by atoms with Gasteiger partial charge in [-0.15, -0.1) is 0 Å². The van der Waals surface area contributed by atoms with Crippen LogP contribution in [-0.2, 0) is 0 Å². The lowest BCUT2D eigenvalue weighted by atomic mass is 10.2. The second-order valence-electron chi connectivity index (χ2n) is 4.18. The third-order valence-corrected chi connectivity index (χ3v) is 4.52. The summed E-state index contributed by atoms with van der Waals surface area (Å²) in [5.41, 5.74) is 0.573. The predicted octanol–water partition coefficient (Wildman–Crippen LogP) is 5.10. The molecule has 3 aromatic rings. The van der Waals surface area contributed by atoms with Gasteiger partial charge in [-0.05, 0) is 30.3 Å². The van der Waals surface area contributed by atoms with E-state index in [2.05, 4.69) is 26.2 Å². The number of hydrogen-bond donors (Lipinski definition) is 1. The number of anilines is 1. The summed E-state index contributed by atoms with van der Waals surface area (Å²) in [4.78, 5) is 16.3. The highest BCUT2D eigenvalue weighted by Crippen LogP contribution is 2.28. The second-order valence-corrected chi connectivity index (χ2v) is 6.54. The van der Waals surface area contributed by atoms with Crippen molar-refractivity contribution in [1.29, 1.82) is 0 Å². The Hall–Kier alpha value is -1.50. The average Bonchev–Trinajstić information content (AvgIpc) is 2.85. The van der Waals surface area contributed by atoms with Crippen LogP contribution in [0.25, 0.3) is 10.2 Å². The quantitative estimate of drug-likeness (QED) is 0.666. The number of fused-ring (bicyclic) bond motifs is 1. The van der Waals surface area contributed by atoms with Gasteiger partial charge in [0.1, 0.15) is 11.3 Å². The highest BCUT2D eigenvalue weighted by Gasteiger charge is 2.14. The standard InChI is InChI=1S/C14H7BrClFN2OS/c15-7-4-5-9(16)8(6-7)13(20)19-14-18-12-10(17)2-1-3-11(12)21-14/h1-6H,(H,18,19,20). The van der Waals surface area contributed by atoms with Crippen molar-refractivity contribution in [2.75, 3.05) is 5.32 Å². The number of benzene rings is 2. The zero-order valence-electron chi connectivity index (χ0n) is 10.4. The van der Waals surface area contributed by atoms with Gasteiger partial charge in [-0.2, -0.15) is 0 Å². The molecule has 1 amide bonds. The molecule has 0 aliphatic rings. The van der Waals surface area contributed by atoms with Gasteiger partial charge in [-0.25, -0.2) is 9.37 Å². The molecule has 3 rings (SSSR count). The van der Waals surface area contributed by atoms with Crippen LogP contribution in [0.5, 0.6) is 0 Å². The summed E-state index contributed by atoms with van der Waals surface area (Å²) in [6, 6.07) is 9.67. The molecular formula is C14H7BrClFN2OS. The molecule has 0 radical (unpaired) electrons. The van der Waals surface area contributed by atoms with Crippen LogP contribution >= 0.6 is 38.9 Å².